The number of hydrogen-bond donors (Lipinski definition) is 0. The molecule has 0 bridgehead atoms. The highest BCUT2D eigenvalue weighted by atomic mass is 16.1. The summed E-state index contributed by atoms with van der Waals surface area (Å²) >= 11 is 0. The van der Waals surface area contributed by atoms with E-state index in [4.69, 9.17) is 0 Å². The van der Waals surface area contributed by atoms with Crippen molar-refractivity contribution in [3.63, 3.8) is 0 Å². The van der Waals surface area contributed by atoms with Gasteiger partial charge in [0, 0.05) is 7.05 Å². The Bertz CT molecular complexity index is 119. The van der Waals surface area contributed by atoms with E-state index < -0.39 is 0 Å². The standard InChI is InChI=1S/C4H6N2O/c1-6-3-4(7)2-5-6/h2H,3H2,1H3. The van der Waals surface area contributed by atoms with Gasteiger partial charge < -0.3 is 0 Å². The Morgan fingerprint density at radius 1 is 2.00 bits per heavy atom. The van der Waals surface area contributed by atoms with Crippen LogP contribution in [0.15, 0.2) is 5.10 Å². The van der Waals surface area contributed by atoms with Crippen LogP contribution >= 0.6 is 0 Å². The van der Waals surface area contributed by atoms with E-state index in [2.05, 4.69) is 5.10 Å². The van der Waals surface area contributed by atoms with Gasteiger partial charge >= 0.3 is 0 Å². The maximum atomic E-state index is 10.3. The first kappa shape index (κ1) is 4.30. The molecule has 0 aromatic carbocycles. The van der Waals surface area contributed by atoms with E-state index in [0.717, 1.165) is 0 Å². The Labute approximate surface area is 41.6 Å². The molecule has 1 rings (SSSR count). The van der Waals surface area contributed by atoms with Crippen molar-refractivity contribution in [2.24, 2.45) is 5.10 Å². The molecule has 1 aliphatic heterocycles. The molecule has 0 aromatic heterocycles. The molecule has 0 aromatic rings. The van der Waals surface area contributed by atoms with Gasteiger partial charge in [0.25, 0.3) is 0 Å². The molecule has 0 atom stereocenters. The number of rotatable bonds is 0. The summed E-state index contributed by atoms with van der Waals surface area (Å²) in [5.74, 6) is 0.0856. The third kappa shape index (κ3) is 0.765. The second-order valence-electron chi connectivity index (χ2n) is 1.53. The van der Waals surface area contributed by atoms with Crippen LogP contribution in [-0.2, 0) is 4.79 Å². The lowest BCUT2D eigenvalue weighted by Crippen LogP contribution is -2.11. The van der Waals surface area contributed by atoms with Crippen LogP contribution in [0, 0.1) is 0 Å². The molecule has 3 nitrogen and oxygen atoms in total. The molecule has 38 valence electrons. The summed E-state index contributed by atoms with van der Waals surface area (Å²) in [6.07, 6.45) is 1.33. The lowest BCUT2D eigenvalue weighted by Gasteiger charge is -1.99. The first-order valence-electron chi connectivity index (χ1n) is 2.07. The van der Waals surface area contributed by atoms with Gasteiger partial charge in [-0.25, -0.2) is 0 Å². The summed E-state index contributed by atoms with van der Waals surface area (Å²) in [6, 6.07) is 0. The van der Waals surface area contributed by atoms with Crippen molar-refractivity contribution in [2.75, 3.05) is 13.6 Å². The molecule has 3 heteroatoms. The molecule has 1 heterocycles. The summed E-state index contributed by atoms with van der Waals surface area (Å²) in [5, 5.41) is 5.28. The number of ketones is 1. The summed E-state index contributed by atoms with van der Waals surface area (Å²) < 4.78 is 0. The highest BCUT2D eigenvalue weighted by molar-refractivity contribution is 6.29. The van der Waals surface area contributed by atoms with E-state index in [0.29, 0.717) is 6.54 Å². The Kier molecular flexibility index (Phi) is 0.817. The number of hydrazone groups is 1. The van der Waals surface area contributed by atoms with Gasteiger partial charge in [-0.3, -0.25) is 9.80 Å². The van der Waals surface area contributed by atoms with Crippen molar-refractivity contribution in [1.82, 2.24) is 5.01 Å². The number of carbonyl (C=O) groups is 1. The topological polar surface area (TPSA) is 32.7 Å². The average molecular weight is 98.1 g/mol. The zero-order valence-corrected chi connectivity index (χ0v) is 4.09. The lowest BCUT2D eigenvalue weighted by atomic mass is 10.5. The summed E-state index contributed by atoms with van der Waals surface area (Å²) in [7, 11) is 1.77. The molecule has 1 aliphatic rings. The zero-order valence-electron chi connectivity index (χ0n) is 4.09. The molecule has 0 spiro atoms. The molecular weight excluding hydrogens is 92.1 g/mol. The summed E-state index contributed by atoms with van der Waals surface area (Å²) in [6.45, 7) is 0.444. The molecule has 0 amide bonds. The van der Waals surface area contributed by atoms with Gasteiger partial charge in [0.05, 0.1) is 6.21 Å². The quantitative estimate of drug-likeness (QED) is 0.408. The lowest BCUT2D eigenvalue weighted by molar-refractivity contribution is -0.112. The first-order chi connectivity index (χ1) is 3.29. The van der Waals surface area contributed by atoms with E-state index in [1.807, 2.05) is 0 Å². The third-order valence-corrected chi connectivity index (χ3v) is 0.784. The molecule has 0 radical (unpaired) electrons. The van der Waals surface area contributed by atoms with Gasteiger partial charge in [-0.2, -0.15) is 5.10 Å². The number of hydrogen-bond acceptors (Lipinski definition) is 3. The largest absolute Gasteiger partial charge is 0.292 e. The minimum absolute atomic E-state index is 0.0856. The predicted octanol–water partition coefficient (Wildman–Crippen LogP) is -0.513. The molecule has 0 unspecified atom stereocenters. The number of carbonyl (C=O) groups excluding carboxylic acids is 1. The molecule has 0 fully saturated rings. The van der Waals surface area contributed by atoms with Crippen LogP contribution in [0.25, 0.3) is 0 Å². The van der Waals surface area contributed by atoms with Gasteiger partial charge in [0.2, 0.25) is 0 Å². The Morgan fingerprint density at radius 2 is 2.71 bits per heavy atom. The van der Waals surface area contributed by atoms with E-state index in [1.165, 1.54) is 6.21 Å². The fraction of sp³-hybridized carbons (Fsp3) is 0.500. The van der Waals surface area contributed by atoms with Crippen molar-refractivity contribution in [1.29, 1.82) is 0 Å². The van der Waals surface area contributed by atoms with E-state index in [-0.39, 0.29) is 5.78 Å². The zero-order chi connectivity index (χ0) is 5.28. The number of likely N-dealkylation sites (N-methyl/N-ethyl adjacent to an activating group) is 1. The summed E-state index contributed by atoms with van der Waals surface area (Å²) in [4.78, 5) is 10.3. The average Bonchev–Trinajstić information content (AvgIpc) is 1.87. The number of nitrogens with zero attached hydrogens (tertiary/aromatic N) is 2. The van der Waals surface area contributed by atoms with Crippen LogP contribution in [0.3, 0.4) is 0 Å². The monoisotopic (exact) mass is 98.0 g/mol. The SMILES string of the molecule is CN1CC(=O)C=N1. The van der Waals surface area contributed by atoms with Crippen LogP contribution in [0.2, 0.25) is 0 Å². The molecule has 0 aliphatic carbocycles. The minimum Gasteiger partial charge on any atom is -0.292 e. The predicted molar refractivity (Wildman–Crippen MR) is 26.1 cm³/mol. The van der Waals surface area contributed by atoms with Crippen LogP contribution in [0.4, 0.5) is 0 Å². The van der Waals surface area contributed by atoms with Crippen molar-refractivity contribution >= 4 is 12.0 Å². The van der Waals surface area contributed by atoms with Crippen LogP contribution in [0.1, 0.15) is 0 Å². The molecule has 7 heavy (non-hydrogen) atoms. The van der Waals surface area contributed by atoms with Crippen molar-refractivity contribution < 1.29 is 4.79 Å². The fourth-order valence-electron chi connectivity index (χ4n) is 0.470. The summed E-state index contributed by atoms with van der Waals surface area (Å²) in [5.41, 5.74) is 0. The maximum absolute atomic E-state index is 10.3. The second kappa shape index (κ2) is 1.33. The van der Waals surface area contributed by atoms with Crippen LogP contribution in [0.5, 0.6) is 0 Å². The third-order valence-electron chi connectivity index (χ3n) is 0.784. The van der Waals surface area contributed by atoms with Crippen molar-refractivity contribution in [3.05, 3.63) is 0 Å². The van der Waals surface area contributed by atoms with Crippen molar-refractivity contribution in [3.8, 4) is 0 Å². The van der Waals surface area contributed by atoms with Crippen molar-refractivity contribution in [2.45, 2.75) is 0 Å². The molecule has 0 saturated heterocycles. The fourth-order valence-corrected chi connectivity index (χ4v) is 0.470. The van der Waals surface area contributed by atoms with Gasteiger partial charge in [-0.05, 0) is 0 Å². The Morgan fingerprint density at radius 3 is 2.86 bits per heavy atom. The second-order valence-corrected chi connectivity index (χ2v) is 1.53. The van der Waals surface area contributed by atoms with Gasteiger partial charge in [0.1, 0.15) is 6.54 Å². The van der Waals surface area contributed by atoms with Crippen LogP contribution < -0.4 is 0 Å². The first-order valence-corrected chi connectivity index (χ1v) is 2.07. The Balaban J connectivity index is 2.58. The van der Waals surface area contributed by atoms with Crippen LogP contribution in [-0.4, -0.2) is 30.6 Å². The van der Waals surface area contributed by atoms with Gasteiger partial charge in [0.15, 0.2) is 5.78 Å². The normalized spacial score (nSPS) is 19.0. The highest BCUT2D eigenvalue weighted by Gasteiger charge is 2.06. The van der Waals surface area contributed by atoms with Gasteiger partial charge in [-0.15, -0.1) is 0 Å². The molecule has 0 saturated carbocycles. The highest BCUT2D eigenvalue weighted by Crippen LogP contribution is 1.88. The molecule has 0 N–H and O–H groups in total. The van der Waals surface area contributed by atoms with Gasteiger partial charge in [-0.1, -0.05) is 0 Å². The van der Waals surface area contributed by atoms with E-state index in [1.54, 1.807) is 12.1 Å². The maximum Gasteiger partial charge on any atom is 0.196 e. The van der Waals surface area contributed by atoms with E-state index in [9.17, 15) is 4.79 Å². The number of Topliss-reactive ketones (excluding diaryl/α,β-unsaturated/α-hetero) is 1. The molecular formula is C4H6N2O. The Hall–Kier alpha value is -0.860. The minimum atomic E-state index is 0.0856. The smallest absolute Gasteiger partial charge is 0.196 e. The van der Waals surface area contributed by atoms with E-state index >= 15 is 0 Å².